The van der Waals surface area contributed by atoms with Gasteiger partial charge < -0.3 is 15.5 Å². The summed E-state index contributed by atoms with van der Waals surface area (Å²) in [4.78, 5) is 28.7. The number of carboxylic acid groups (broad SMARTS) is 1. The van der Waals surface area contributed by atoms with E-state index in [-0.39, 0.29) is 0 Å². The number of nitrogens with one attached hydrogen (secondary N) is 1. The molecule has 3 aromatic rings. The summed E-state index contributed by atoms with van der Waals surface area (Å²) < 4.78 is 0. The number of thioether (sulfide) groups is 1. The van der Waals surface area contributed by atoms with Gasteiger partial charge in [0.2, 0.25) is 0 Å². The summed E-state index contributed by atoms with van der Waals surface area (Å²) in [6, 6.07) is 17.3. The molecule has 6 nitrogen and oxygen atoms in total. The van der Waals surface area contributed by atoms with E-state index >= 15 is 0 Å². The maximum atomic E-state index is 13.0. The van der Waals surface area contributed by atoms with Gasteiger partial charge in [-0.2, -0.15) is 11.8 Å². The number of hydrogen-bond donors (Lipinski definition) is 3. The van der Waals surface area contributed by atoms with Gasteiger partial charge in [-0.05, 0) is 58.9 Å². The largest absolute Gasteiger partial charge is 0.480 e. The summed E-state index contributed by atoms with van der Waals surface area (Å²) in [7, 11) is 0. The molecule has 1 aromatic heterocycles. The standard InChI is InChI=1S/C25H26N2O4S/c1-32-13-11-22(25(30)31)27-24(29)20-10-9-19(15-21(20)18-7-3-2-4-8-18)23(28)14-17-6-5-12-26-16-17/h2-10,12,15-16,22-23,28H,11,13-14H2,1H3,(H,27,29)(H,30,31)/t22-,23?/m0/s1. The topological polar surface area (TPSA) is 99.5 Å². The lowest BCUT2D eigenvalue weighted by molar-refractivity contribution is -0.139. The molecule has 2 atom stereocenters. The molecule has 0 fully saturated rings. The third kappa shape index (κ3) is 6.18. The molecule has 166 valence electrons. The summed E-state index contributed by atoms with van der Waals surface area (Å²) in [6.07, 6.45) is 5.24. The molecule has 1 heterocycles. The molecule has 0 saturated carbocycles. The van der Waals surface area contributed by atoms with E-state index in [2.05, 4.69) is 10.3 Å². The zero-order chi connectivity index (χ0) is 22.9. The maximum Gasteiger partial charge on any atom is 0.326 e. The number of carbonyl (C=O) groups is 2. The minimum atomic E-state index is -1.06. The lowest BCUT2D eigenvalue weighted by atomic mass is 9.93. The third-order valence-corrected chi connectivity index (χ3v) is 5.77. The van der Waals surface area contributed by atoms with Crippen molar-refractivity contribution in [3.63, 3.8) is 0 Å². The van der Waals surface area contributed by atoms with Gasteiger partial charge in [-0.3, -0.25) is 9.78 Å². The summed E-state index contributed by atoms with van der Waals surface area (Å²) >= 11 is 1.53. The fourth-order valence-electron chi connectivity index (χ4n) is 3.41. The van der Waals surface area contributed by atoms with E-state index in [0.29, 0.717) is 35.3 Å². The predicted molar refractivity (Wildman–Crippen MR) is 127 cm³/mol. The minimum Gasteiger partial charge on any atom is -0.480 e. The van der Waals surface area contributed by atoms with Crippen molar-refractivity contribution in [1.82, 2.24) is 10.3 Å². The molecule has 0 aliphatic carbocycles. The van der Waals surface area contributed by atoms with Crippen LogP contribution < -0.4 is 5.32 Å². The number of benzene rings is 2. The Morgan fingerprint density at radius 3 is 2.53 bits per heavy atom. The van der Waals surface area contributed by atoms with Crippen LogP contribution in [-0.4, -0.2) is 45.1 Å². The molecule has 0 radical (unpaired) electrons. The SMILES string of the molecule is CSCC[C@H](NC(=O)c1ccc(C(O)Cc2cccnc2)cc1-c1ccccc1)C(=O)O. The number of carbonyl (C=O) groups excluding carboxylic acids is 1. The molecular formula is C25H26N2O4S. The first kappa shape index (κ1) is 23.5. The van der Waals surface area contributed by atoms with Crippen LogP contribution in [0.5, 0.6) is 0 Å². The normalized spacial score (nSPS) is 12.7. The number of aliphatic hydroxyl groups is 1. The lowest BCUT2D eigenvalue weighted by Crippen LogP contribution is -2.41. The Balaban J connectivity index is 1.92. The van der Waals surface area contributed by atoms with E-state index in [1.54, 1.807) is 30.6 Å². The van der Waals surface area contributed by atoms with Crippen LogP contribution in [0.25, 0.3) is 11.1 Å². The van der Waals surface area contributed by atoms with Crippen molar-refractivity contribution >= 4 is 23.6 Å². The van der Waals surface area contributed by atoms with Crippen LogP contribution in [0.3, 0.4) is 0 Å². The van der Waals surface area contributed by atoms with Crippen molar-refractivity contribution < 1.29 is 19.8 Å². The molecule has 1 unspecified atom stereocenters. The average molecular weight is 451 g/mol. The number of hydrogen-bond acceptors (Lipinski definition) is 5. The number of amides is 1. The van der Waals surface area contributed by atoms with Gasteiger partial charge in [0.25, 0.3) is 5.91 Å². The molecule has 32 heavy (non-hydrogen) atoms. The zero-order valence-electron chi connectivity index (χ0n) is 17.8. The van der Waals surface area contributed by atoms with Crippen molar-refractivity contribution in [3.05, 3.63) is 89.7 Å². The van der Waals surface area contributed by atoms with Gasteiger partial charge in [0.05, 0.1) is 6.10 Å². The van der Waals surface area contributed by atoms with E-state index in [1.807, 2.05) is 48.7 Å². The Kier molecular flexibility index (Phi) is 8.41. The van der Waals surface area contributed by atoms with E-state index < -0.39 is 24.0 Å². The van der Waals surface area contributed by atoms with Crippen LogP contribution in [0.2, 0.25) is 0 Å². The monoisotopic (exact) mass is 450 g/mol. The van der Waals surface area contributed by atoms with Gasteiger partial charge >= 0.3 is 5.97 Å². The number of pyridine rings is 1. The number of aliphatic hydroxyl groups excluding tert-OH is 1. The van der Waals surface area contributed by atoms with Gasteiger partial charge in [-0.15, -0.1) is 0 Å². The van der Waals surface area contributed by atoms with Crippen LogP contribution in [-0.2, 0) is 11.2 Å². The number of aliphatic carboxylic acids is 1. The van der Waals surface area contributed by atoms with E-state index in [1.165, 1.54) is 11.8 Å². The maximum absolute atomic E-state index is 13.0. The highest BCUT2D eigenvalue weighted by atomic mass is 32.2. The number of rotatable bonds is 10. The van der Waals surface area contributed by atoms with Gasteiger partial charge in [-0.1, -0.05) is 42.5 Å². The van der Waals surface area contributed by atoms with Crippen molar-refractivity contribution in [2.75, 3.05) is 12.0 Å². The molecule has 0 saturated heterocycles. The fourth-order valence-corrected chi connectivity index (χ4v) is 3.88. The van der Waals surface area contributed by atoms with E-state index in [9.17, 15) is 19.8 Å². The van der Waals surface area contributed by atoms with Crippen LogP contribution in [0, 0.1) is 0 Å². The van der Waals surface area contributed by atoms with Crippen molar-refractivity contribution in [3.8, 4) is 11.1 Å². The van der Waals surface area contributed by atoms with Gasteiger partial charge in [0.1, 0.15) is 6.04 Å². The highest BCUT2D eigenvalue weighted by Gasteiger charge is 2.23. The molecule has 0 spiro atoms. The van der Waals surface area contributed by atoms with Gasteiger partial charge in [0.15, 0.2) is 0 Å². The molecule has 0 aliphatic rings. The average Bonchev–Trinajstić information content (AvgIpc) is 2.82. The Morgan fingerprint density at radius 2 is 1.88 bits per heavy atom. The smallest absolute Gasteiger partial charge is 0.326 e. The highest BCUT2D eigenvalue weighted by Crippen LogP contribution is 2.29. The first-order valence-corrected chi connectivity index (χ1v) is 11.7. The second kappa shape index (κ2) is 11.5. The van der Waals surface area contributed by atoms with Crippen molar-refractivity contribution in [2.24, 2.45) is 0 Å². The third-order valence-electron chi connectivity index (χ3n) is 5.12. The molecular weight excluding hydrogens is 424 g/mol. The van der Waals surface area contributed by atoms with E-state index in [4.69, 9.17) is 0 Å². The van der Waals surface area contributed by atoms with Crippen molar-refractivity contribution in [1.29, 1.82) is 0 Å². The van der Waals surface area contributed by atoms with Gasteiger partial charge in [0, 0.05) is 24.4 Å². The molecule has 0 bridgehead atoms. The first-order valence-electron chi connectivity index (χ1n) is 10.3. The summed E-state index contributed by atoms with van der Waals surface area (Å²) in [6.45, 7) is 0. The quantitative estimate of drug-likeness (QED) is 0.432. The number of nitrogens with zero attached hydrogens (tertiary/aromatic N) is 1. The first-order chi connectivity index (χ1) is 15.5. The number of carboxylic acids is 1. The molecule has 2 aromatic carbocycles. The molecule has 0 aliphatic heterocycles. The Morgan fingerprint density at radius 1 is 1.09 bits per heavy atom. The number of aromatic nitrogens is 1. The zero-order valence-corrected chi connectivity index (χ0v) is 18.6. The molecule has 3 N–H and O–H groups in total. The van der Waals surface area contributed by atoms with Crippen molar-refractivity contribution in [2.45, 2.75) is 25.0 Å². The van der Waals surface area contributed by atoms with Crippen LogP contribution >= 0.6 is 11.8 Å². The Labute approximate surface area is 191 Å². The highest BCUT2D eigenvalue weighted by molar-refractivity contribution is 7.98. The molecule has 7 heteroatoms. The second-order valence-electron chi connectivity index (χ2n) is 7.40. The van der Waals surface area contributed by atoms with E-state index in [0.717, 1.165) is 11.1 Å². The summed E-state index contributed by atoms with van der Waals surface area (Å²) in [5, 5.41) is 22.9. The minimum absolute atomic E-state index is 0.338. The molecule has 3 rings (SSSR count). The lowest BCUT2D eigenvalue weighted by Gasteiger charge is -2.18. The Hall–Kier alpha value is -3.16. The predicted octanol–water partition coefficient (Wildman–Crippen LogP) is 3.96. The summed E-state index contributed by atoms with van der Waals surface area (Å²) in [5.74, 6) is -0.884. The van der Waals surface area contributed by atoms with Crippen LogP contribution in [0.1, 0.15) is 34.0 Å². The summed E-state index contributed by atoms with van der Waals surface area (Å²) in [5.41, 5.74) is 3.38. The molecule has 1 amide bonds. The van der Waals surface area contributed by atoms with Crippen LogP contribution in [0.4, 0.5) is 0 Å². The van der Waals surface area contributed by atoms with Gasteiger partial charge in [-0.25, -0.2) is 4.79 Å². The Bertz CT molecular complexity index is 1040. The fraction of sp³-hybridized carbons (Fsp3) is 0.240. The van der Waals surface area contributed by atoms with Crippen LogP contribution in [0.15, 0.2) is 73.1 Å². The second-order valence-corrected chi connectivity index (χ2v) is 8.38.